The first-order valence-electron chi connectivity index (χ1n) is 7.76. The number of nitrogens with zero attached hydrogens (tertiary/aromatic N) is 1. The van der Waals surface area contributed by atoms with Crippen LogP contribution in [-0.4, -0.2) is 49.5 Å². The molecule has 1 atom stereocenters. The van der Waals surface area contributed by atoms with Gasteiger partial charge in [-0.15, -0.1) is 0 Å². The van der Waals surface area contributed by atoms with Crippen molar-refractivity contribution in [1.82, 2.24) is 5.32 Å². The molecule has 2 amide bonds. The van der Waals surface area contributed by atoms with Crippen molar-refractivity contribution in [3.63, 3.8) is 0 Å². The number of benzene rings is 1. The number of hydrogen-bond donors (Lipinski definition) is 3. The van der Waals surface area contributed by atoms with Crippen molar-refractivity contribution in [2.45, 2.75) is 26.3 Å². The van der Waals surface area contributed by atoms with E-state index < -0.39 is 4.92 Å². The average Bonchev–Trinajstić information content (AvgIpc) is 2.44. The lowest BCUT2D eigenvalue weighted by Gasteiger charge is -2.21. The summed E-state index contributed by atoms with van der Waals surface area (Å²) in [5.74, 6) is -0.274. The van der Waals surface area contributed by atoms with Crippen molar-refractivity contribution in [3.8, 4) is 5.75 Å². The summed E-state index contributed by atoms with van der Waals surface area (Å²) < 4.78 is 5.07. The van der Waals surface area contributed by atoms with Gasteiger partial charge in [0.15, 0.2) is 13.1 Å². The second-order valence-corrected chi connectivity index (χ2v) is 6.80. The topological polar surface area (TPSA) is 115 Å². The molecule has 0 saturated heterocycles. The van der Waals surface area contributed by atoms with Gasteiger partial charge < -0.3 is 20.3 Å². The fraction of sp³-hybridized carbons (Fsp3) is 0.500. The monoisotopic (exact) mass is 353 g/mol. The third-order valence-corrected chi connectivity index (χ3v) is 3.11. The maximum atomic E-state index is 12.1. The lowest BCUT2D eigenvalue weighted by molar-refractivity contribution is -0.862. The quantitative estimate of drug-likeness (QED) is 0.470. The summed E-state index contributed by atoms with van der Waals surface area (Å²) in [6, 6.07) is 3.94. The van der Waals surface area contributed by atoms with E-state index >= 15 is 0 Å². The van der Waals surface area contributed by atoms with Crippen molar-refractivity contribution in [2.75, 3.05) is 32.6 Å². The number of likely N-dealkylation sites (N-methyl/N-ethyl adjacent to an activating group) is 1. The van der Waals surface area contributed by atoms with Gasteiger partial charge in [-0.1, -0.05) is 0 Å². The van der Waals surface area contributed by atoms with Gasteiger partial charge >= 0.3 is 0 Å². The minimum Gasteiger partial charge on any atom is -0.494 e. The smallest absolute Gasteiger partial charge is 0.279 e. The molecule has 0 aliphatic heterocycles. The number of nitro benzene ring substituents is 1. The van der Waals surface area contributed by atoms with Gasteiger partial charge in [-0.2, -0.15) is 0 Å². The van der Waals surface area contributed by atoms with E-state index in [1.807, 2.05) is 20.8 Å². The van der Waals surface area contributed by atoms with E-state index in [0.717, 1.165) is 0 Å². The lowest BCUT2D eigenvalue weighted by Crippen LogP contribution is -3.11. The molecule has 25 heavy (non-hydrogen) atoms. The Morgan fingerprint density at radius 2 is 1.84 bits per heavy atom. The van der Waals surface area contributed by atoms with Gasteiger partial charge in [-0.25, -0.2) is 0 Å². The van der Waals surface area contributed by atoms with Gasteiger partial charge in [0.2, 0.25) is 0 Å². The molecule has 9 heteroatoms. The Labute approximate surface area is 146 Å². The predicted octanol–water partition coefficient (Wildman–Crippen LogP) is -0.0287. The number of non-ortho nitro benzene ring substituents is 1. The van der Waals surface area contributed by atoms with Crippen molar-refractivity contribution in [1.29, 1.82) is 0 Å². The zero-order chi connectivity index (χ0) is 19.2. The fourth-order valence-electron chi connectivity index (χ4n) is 2.16. The Balaban J connectivity index is 2.64. The van der Waals surface area contributed by atoms with Crippen LogP contribution in [0.15, 0.2) is 18.2 Å². The van der Waals surface area contributed by atoms with Gasteiger partial charge in [-0.05, 0) is 26.8 Å². The number of ether oxygens (including phenoxy) is 1. The van der Waals surface area contributed by atoms with Crippen LogP contribution < -0.4 is 20.3 Å². The number of carbonyl (C=O) groups excluding carboxylic acids is 2. The van der Waals surface area contributed by atoms with Crippen LogP contribution in [-0.2, 0) is 9.59 Å². The molecule has 0 saturated carbocycles. The van der Waals surface area contributed by atoms with Crippen LogP contribution in [0.2, 0.25) is 0 Å². The van der Waals surface area contributed by atoms with Crippen LogP contribution in [0.4, 0.5) is 11.4 Å². The third kappa shape index (κ3) is 7.17. The maximum absolute atomic E-state index is 12.1. The summed E-state index contributed by atoms with van der Waals surface area (Å²) in [5.41, 5.74) is -0.118. The van der Waals surface area contributed by atoms with E-state index in [0.29, 0.717) is 10.6 Å². The Morgan fingerprint density at radius 1 is 1.24 bits per heavy atom. The largest absolute Gasteiger partial charge is 0.494 e. The molecule has 3 N–H and O–H groups in total. The van der Waals surface area contributed by atoms with Crippen molar-refractivity contribution >= 4 is 23.2 Å². The van der Waals surface area contributed by atoms with E-state index in [-0.39, 0.29) is 41.9 Å². The molecule has 0 radical (unpaired) electrons. The van der Waals surface area contributed by atoms with Crippen molar-refractivity contribution < 1.29 is 24.1 Å². The molecule has 1 rings (SSSR count). The highest BCUT2D eigenvalue weighted by atomic mass is 16.6. The molecule has 138 valence electrons. The molecule has 0 spiro atoms. The number of methoxy groups -OCH3 is 1. The second kappa shape index (κ2) is 8.43. The van der Waals surface area contributed by atoms with Gasteiger partial charge in [0.1, 0.15) is 5.75 Å². The Morgan fingerprint density at radius 3 is 2.36 bits per heavy atom. The summed E-state index contributed by atoms with van der Waals surface area (Å²) >= 11 is 0. The van der Waals surface area contributed by atoms with Crippen molar-refractivity contribution in [3.05, 3.63) is 28.3 Å². The number of quaternary nitrogens is 1. The zero-order valence-corrected chi connectivity index (χ0v) is 15.1. The van der Waals surface area contributed by atoms with E-state index in [1.54, 1.807) is 7.05 Å². The third-order valence-electron chi connectivity index (χ3n) is 3.11. The van der Waals surface area contributed by atoms with Crippen molar-refractivity contribution in [2.24, 2.45) is 0 Å². The average molecular weight is 353 g/mol. The van der Waals surface area contributed by atoms with Crippen LogP contribution in [0.3, 0.4) is 0 Å². The number of anilines is 1. The van der Waals surface area contributed by atoms with Crippen LogP contribution >= 0.6 is 0 Å². The molecule has 0 fully saturated rings. The van der Waals surface area contributed by atoms with Gasteiger partial charge in [-0.3, -0.25) is 19.7 Å². The lowest BCUT2D eigenvalue weighted by atomic mass is 10.1. The number of nitrogens with one attached hydrogen (secondary N) is 3. The van der Waals surface area contributed by atoms with Gasteiger partial charge in [0.05, 0.1) is 30.8 Å². The molecule has 1 aromatic rings. The number of hydrogen-bond acceptors (Lipinski definition) is 5. The summed E-state index contributed by atoms with van der Waals surface area (Å²) in [4.78, 5) is 34.9. The molecule has 0 aliphatic rings. The standard InChI is InChI=1S/C16H24N4O5/c1-16(2,3)18-15(22)10-19(4)9-14(21)17-12-7-6-11(20(23)24)8-13(12)25-5/h6-8H,9-10H2,1-5H3,(H,17,21)(H,18,22)/p+1. The first-order chi connectivity index (χ1) is 11.5. The summed E-state index contributed by atoms with van der Waals surface area (Å²) in [7, 11) is 3.10. The van der Waals surface area contributed by atoms with E-state index in [9.17, 15) is 19.7 Å². The van der Waals surface area contributed by atoms with Crippen LogP contribution in [0.5, 0.6) is 5.75 Å². The molecule has 9 nitrogen and oxygen atoms in total. The molecule has 0 bridgehead atoms. The van der Waals surface area contributed by atoms with E-state index in [4.69, 9.17) is 4.74 Å². The number of rotatable bonds is 7. The Kier molecular flexibility index (Phi) is 6.86. The van der Waals surface area contributed by atoms with Crippen LogP contribution in [0.25, 0.3) is 0 Å². The van der Waals surface area contributed by atoms with Gasteiger partial charge in [0, 0.05) is 11.6 Å². The number of amides is 2. The number of carbonyl (C=O) groups is 2. The first kappa shape index (κ1) is 20.4. The fourth-order valence-corrected chi connectivity index (χ4v) is 2.16. The number of nitro groups is 1. The predicted molar refractivity (Wildman–Crippen MR) is 92.8 cm³/mol. The SMILES string of the molecule is COc1cc([N+](=O)[O-])ccc1NC(=O)C[NH+](C)CC(=O)NC(C)(C)C. The zero-order valence-electron chi connectivity index (χ0n) is 15.1. The molecule has 0 aromatic heterocycles. The molecule has 1 aromatic carbocycles. The van der Waals surface area contributed by atoms with E-state index in [1.165, 1.54) is 25.3 Å². The molecule has 1 unspecified atom stereocenters. The summed E-state index contributed by atoms with van der Waals surface area (Å²) in [5, 5.41) is 16.2. The van der Waals surface area contributed by atoms with E-state index in [2.05, 4.69) is 10.6 Å². The highest BCUT2D eigenvalue weighted by Gasteiger charge is 2.20. The highest BCUT2D eigenvalue weighted by Crippen LogP contribution is 2.28. The molecular formula is C16H25N4O5+. The highest BCUT2D eigenvalue weighted by molar-refractivity contribution is 5.93. The summed E-state index contributed by atoms with van der Waals surface area (Å²) in [6.07, 6.45) is 0. The van der Waals surface area contributed by atoms with Crippen LogP contribution in [0, 0.1) is 10.1 Å². The van der Waals surface area contributed by atoms with Gasteiger partial charge in [0.25, 0.3) is 17.5 Å². The molecule has 0 aliphatic carbocycles. The minimum atomic E-state index is -0.542. The summed E-state index contributed by atoms with van der Waals surface area (Å²) in [6.45, 7) is 5.87. The normalized spacial score (nSPS) is 12.2. The Bertz CT molecular complexity index is 654. The molecule has 0 heterocycles. The molecular weight excluding hydrogens is 328 g/mol. The second-order valence-electron chi connectivity index (χ2n) is 6.80. The Hall–Kier alpha value is -2.68. The maximum Gasteiger partial charge on any atom is 0.279 e. The van der Waals surface area contributed by atoms with Crippen LogP contribution in [0.1, 0.15) is 20.8 Å². The first-order valence-corrected chi connectivity index (χ1v) is 7.76. The minimum absolute atomic E-state index is 0.0672.